The number of rotatable bonds is 6. The molecule has 0 bridgehead atoms. The molecule has 112 valence electrons. The monoisotopic (exact) mass is 304 g/mol. The molecule has 5 heteroatoms. The lowest BCUT2D eigenvalue weighted by molar-refractivity contribution is -0.122. The largest absolute Gasteiger partial charge is 0.481 e. The van der Waals surface area contributed by atoms with Gasteiger partial charge in [0.05, 0.1) is 0 Å². The summed E-state index contributed by atoms with van der Waals surface area (Å²) < 4.78 is 5.84. The standard InChI is InChI=1S/C16H20N2O2S/c1-4-11(2)13-7-5-6-8-14(13)20-12(3)15(19)18-16-17-9-10-21-16/h5-12H,4H2,1-3H3,(H,17,18,19)/t11-,12+/m1/s1. The summed E-state index contributed by atoms with van der Waals surface area (Å²) in [5.74, 6) is 0.980. The van der Waals surface area contributed by atoms with Gasteiger partial charge in [0.1, 0.15) is 5.75 Å². The Morgan fingerprint density at radius 1 is 1.38 bits per heavy atom. The number of carbonyl (C=O) groups is 1. The van der Waals surface area contributed by atoms with Gasteiger partial charge in [0, 0.05) is 11.6 Å². The molecule has 0 fully saturated rings. The highest BCUT2D eigenvalue weighted by Crippen LogP contribution is 2.29. The van der Waals surface area contributed by atoms with Gasteiger partial charge in [0.2, 0.25) is 0 Å². The lowest BCUT2D eigenvalue weighted by Crippen LogP contribution is -2.30. The third-order valence-electron chi connectivity index (χ3n) is 3.40. The topological polar surface area (TPSA) is 51.2 Å². The Balaban J connectivity index is 2.05. The van der Waals surface area contributed by atoms with Gasteiger partial charge in [-0.25, -0.2) is 4.98 Å². The van der Waals surface area contributed by atoms with E-state index in [1.54, 1.807) is 13.1 Å². The van der Waals surface area contributed by atoms with E-state index in [4.69, 9.17) is 4.74 Å². The van der Waals surface area contributed by atoms with E-state index >= 15 is 0 Å². The van der Waals surface area contributed by atoms with Crippen LogP contribution in [0.15, 0.2) is 35.8 Å². The maximum Gasteiger partial charge on any atom is 0.266 e. The molecule has 1 N–H and O–H groups in total. The molecule has 0 aliphatic heterocycles. The van der Waals surface area contributed by atoms with Crippen LogP contribution < -0.4 is 10.1 Å². The van der Waals surface area contributed by atoms with Gasteiger partial charge in [0.15, 0.2) is 11.2 Å². The van der Waals surface area contributed by atoms with E-state index in [9.17, 15) is 4.79 Å². The van der Waals surface area contributed by atoms with Crippen LogP contribution >= 0.6 is 11.3 Å². The van der Waals surface area contributed by atoms with E-state index in [-0.39, 0.29) is 5.91 Å². The molecule has 0 saturated carbocycles. The quantitative estimate of drug-likeness (QED) is 0.875. The van der Waals surface area contributed by atoms with Crippen LogP contribution in [0.1, 0.15) is 38.7 Å². The number of amides is 1. The van der Waals surface area contributed by atoms with E-state index in [1.165, 1.54) is 11.3 Å². The van der Waals surface area contributed by atoms with Gasteiger partial charge in [-0.15, -0.1) is 11.3 Å². The number of nitrogens with zero attached hydrogens (tertiary/aromatic N) is 1. The molecule has 2 aromatic rings. The van der Waals surface area contributed by atoms with Crippen molar-refractivity contribution in [2.24, 2.45) is 0 Å². The van der Waals surface area contributed by atoms with Gasteiger partial charge in [-0.1, -0.05) is 32.0 Å². The Bertz CT molecular complexity index is 584. The Morgan fingerprint density at radius 2 is 2.14 bits per heavy atom. The van der Waals surface area contributed by atoms with Crippen molar-refractivity contribution in [1.29, 1.82) is 0 Å². The highest BCUT2D eigenvalue weighted by Gasteiger charge is 2.18. The molecule has 0 saturated heterocycles. The molecule has 2 rings (SSSR count). The fraction of sp³-hybridized carbons (Fsp3) is 0.375. The molecule has 0 aliphatic rings. The van der Waals surface area contributed by atoms with Crippen molar-refractivity contribution < 1.29 is 9.53 Å². The van der Waals surface area contributed by atoms with Gasteiger partial charge in [-0.05, 0) is 30.9 Å². The minimum absolute atomic E-state index is 0.191. The molecule has 0 spiro atoms. The fourth-order valence-corrected chi connectivity index (χ4v) is 2.48. The Morgan fingerprint density at radius 3 is 2.81 bits per heavy atom. The van der Waals surface area contributed by atoms with Crippen molar-refractivity contribution in [3.8, 4) is 5.75 Å². The molecule has 21 heavy (non-hydrogen) atoms. The molecular formula is C16H20N2O2S. The predicted octanol–water partition coefficient (Wildman–Crippen LogP) is 4.06. The zero-order valence-electron chi connectivity index (χ0n) is 12.5. The van der Waals surface area contributed by atoms with Crippen molar-refractivity contribution in [3.63, 3.8) is 0 Å². The fourth-order valence-electron chi connectivity index (χ4n) is 1.95. The molecule has 1 aromatic heterocycles. The number of hydrogen-bond acceptors (Lipinski definition) is 4. The molecule has 1 aromatic carbocycles. The highest BCUT2D eigenvalue weighted by molar-refractivity contribution is 7.13. The van der Waals surface area contributed by atoms with E-state index in [2.05, 4.69) is 30.2 Å². The normalized spacial score (nSPS) is 13.5. The molecular weight excluding hydrogens is 284 g/mol. The number of anilines is 1. The van der Waals surface area contributed by atoms with Crippen molar-refractivity contribution in [2.45, 2.75) is 39.2 Å². The van der Waals surface area contributed by atoms with Crippen LogP contribution in [0.5, 0.6) is 5.75 Å². The second-order valence-corrected chi connectivity index (χ2v) is 5.83. The average Bonchev–Trinajstić information content (AvgIpc) is 2.99. The van der Waals surface area contributed by atoms with Crippen LogP contribution in [0.3, 0.4) is 0 Å². The molecule has 1 amide bonds. The molecule has 4 nitrogen and oxygen atoms in total. The zero-order valence-corrected chi connectivity index (χ0v) is 13.3. The first-order valence-electron chi connectivity index (χ1n) is 7.07. The number of nitrogens with one attached hydrogen (secondary N) is 1. The van der Waals surface area contributed by atoms with Gasteiger partial charge in [0.25, 0.3) is 5.91 Å². The van der Waals surface area contributed by atoms with Crippen LogP contribution in [0.25, 0.3) is 0 Å². The Labute approximate surface area is 129 Å². The number of hydrogen-bond donors (Lipinski definition) is 1. The summed E-state index contributed by atoms with van der Waals surface area (Å²) in [6.45, 7) is 6.04. The minimum atomic E-state index is -0.570. The Hall–Kier alpha value is -1.88. The van der Waals surface area contributed by atoms with Crippen LogP contribution in [-0.4, -0.2) is 17.0 Å². The summed E-state index contributed by atoms with van der Waals surface area (Å²) in [5.41, 5.74) is 1.13. The van der Waals surface area contributed by atoms with Crippen LogP contribution in [0.2, 0.25) is 0 Å². The molecule has 0 unspecified atom stereocenters. The first-order chi connectivity index (χ1) is 10.1. The Kier molecular flexibility index (Phi) is 5.33. The smallest absolute Gasteiger partial charge is 0.266 e. The van der Waals surface area contributed by atoms with Crippen LogP contribution in [0.4, 0.5) is 5.13 Å². The van der Waals surface area contributed by atoms with E-state index < -0.39 is 6.10 Å². The number of aromatic nitrogens is 1. The average molecular weight is 304 g/mol. The maximum absolute atomic E-state index is 12.1. The van der Waals surface area contributed by atoms with E-state index in [1.807, 2.05) is 23.6 Å². The summed E-state index contributed by atoms with van der Waals surface area (Å²) in [6.07, 6.45) is 2.11. The molecule has 1 heterocycles. The second kappa shape index (κ2) is 7.22. The number of carbonyl (C=O) groups excluding carboxylic acids is 1. The lowest BCUT2D eigenvalue weighted by atomic mass is 9.98. The van der Waals surface area contributed by atoms with Crippen molar-refractivity contribution in [1.82, 2.24) is 4.98 Å². The number of benzene rings is 1. The zero-order chi connectivity index (χ0) is 15.2. The molecule has 2 atom stereocenters. The van der Waals surface area contributed by atoms with Crippen molar-refractivity contribution in [2.75, 3.05) is 5.32 Å². The summed E-state index contributed by atoms with van der Waals surface area (Å²) in [6, 6.07) is 7.88. The maximum atomic E-state index is 12.1. The first-order valence-corrected chi connectivity index (χ1v) is 7.95. The summed E-state index contributed by atoms with van der Waals surface area (Å²) >= 11 is 1.39. The van der Waals surface area contributed by atoms with Crippen LogP contribution in [-0.2, 0) is 4.79 Å². The van der Waals surface area contributed by atoms with Gasteiger partial charge in [-0.2, -0.15) is 0 Å². The van der Waals surface area contributed by atoms with Gasteiger partial charge < -0.3 is 4.74 Å². The number of thiazole rings is 1. The minimum Gasteiger partial charge on any atom is -0.481 e. The highest BCUT2D eigenvalue weighted by atomic mass is 32.1. The van der Waals surface area contributed by atoms with Crippen molar-refractivity contribution >= 4 is 22.4 Å². The summed E-state index contributed by atoms with van der Waals surface area (Å²) in [4.78, 5) is 16.1. The SMILES string of the molecule is CC[C@@H](C)c1ccccc1O[C@@H](C)C(=O)Nc1nccs1. The van der Waals surface area contributed by atoms with Crippen molar-refractivity contribution in [3.05, 3.63) is 41.4 Å². The third kappa shape index (κ3) is 4.04. The van der Waals surface area contributed by atoms with E-state index in [0.29, 0.717) is 11.0 Å². The van der Waals surface area contributed by atoms with Crippen LogP contribution in [0, 0.1) is 0 Å². The van der Waals surface area contributed by atoms with Gasteiger partial charge >= 0.3 is 0 Å². The molecule has 0 radical (unpaired) electrons. The number of ether oxygens (including phenoxy) is 1. The van der Waals surface area contributed by atoms with E-state index in [0.717, 1.165) is 17.7 Å². The number of para-hydroxylation sites is 1. The summed E-state index contributed by atoms with van der Waals surface area (Å²) in [7, 11) is 0. The molecule has 0 aliphatic carbocycles. The summed E-state index contributed by atoms with van der Waals surface area (Å²) in [5, 5.41) is 5.16. The second-order valence-electron chi connectivity index (χ2n) is 4.93. The van der Waals surface area contributed by atoms with Gasteiger partial charge in [-0.3, -0.25) is 10.1 Å². The predicted molar refractivity (Wildman–Crippen MR) is 86.0 cm³/mol. The first kappa shape index (κ1) is 15.5. The lowest BCUT2D eigenvalue weighted by Gasteiger charge is -2.19. The third-order valence-corrected chi connectivity index (χ3v) is 4.09.